The third-order valence-corrected chi connectivity index (χ3v) is 11.5. The second-order valence-electron chi connectivity index (χ2n) is 11.7. The molecule has 0 nitrogen and oxygen atoms in total. The van der Waals surface area contributed by atoms with E-state index >= 15 is 0 Å². The van der Waals surface area contributed by atoms with Crippen LogP contribution in [0.15, 0.2) is 48.5 Å². The molecule has 0 amide bonds. The van der Waals surface area contributed by atoms with E-state index in [1.54, 1.807) is 10.6 Å². The maximum atomic E-state index is 4.76. The predicted molar refractivity (Wildman–Crippen MR) is 148 cm³/mol. The average molecular weight is 545 g/mol. The first-order chi connectivity index (χ1) is 13.9. The van der Waals surface area contributed by atoms with Crippen molar-refractivity contribution in [3.8, 4) is 0 Å². The minimum absolute atomic E-state index is 0.101. The summed E-state index contributed by atoms with van der Waals surface area (Å²) in [6, 6.07) is 17.7. The van der Waals surface area contributed by atoms with Gasteiger partial charge < -0.3 is 0 Å². The van der Waals surface area contributed by atoms with Gasteiger partial charge in [-0.05, 0) is 20.6 Å². The van der Waals surface area contributed by atoms with Crippen LogP contribution in [0.4, 0.5) is 0 Å². The third-order valence-electron chi connectivity index (χ3n) is 4.49. The summed E-state index contributed by atoms with van der Waals surface area (Å²) in [4.78, 5) is 0. The fourth-order valence-electron chi connectivity index (χ4n) is 4.59. The van der Waals surface area contributed by atoms with E-state index in [-0.39, 0.29) is 29.0 Å². The van der Waals surface area contributed by atoms with E-state index < -0.39 is 0 Å². The van der Waals surface area contributed by atoms with E-state index in [0.29, 0.717) is 20.6 Å². The molecule has 0 heterocycles. The van der Waals surface area contributed by atoms with Gasteiger partial charge in [0.15, 0.2) is 0 Å². The van der Waals surface area contributed by atoms with Gasteiger partial charge in [-0.2, -0.15) is 24.3 Å². The van der Waals surface area contributed by atoms with E-state index in [9.17, 15) is 0 Å². The molecule has 5 heteroatoms. The van der Waals surface area contributed by atoms with Gasteiger partial charge in [0.05, 0.1) is 0 Å². The molecular weight excluding hydrogens is 501 g/mol. The van der Waals surface area contributed by atoms with Crippen LogP contribution in [0.1, 0.15) is 83.1 Å². The zero-order valence-corrected chi connectivity index (χ0v) is 26.0. The van der Waals surface area contributed by atoms with Crippen LogP contribution < -0.4 is 10.6 Å². The van der Waals surface area contributed by atoms with Crippen LogP contribution in [0.3, 0.4) is 0 Å². The average Bonchev–Trinajstić information content (AvgIpc) is 3.16. The van der Waals surface area contributed by atoms with Gasteiger partial charge in [0, 0.05) is 0 Å². The molecule has 2 aromatic rings. The molecule has 0 spiro atoms. The molecule has 0 bridgehead atoms. The monoisotopic (exact) mass is 544 g/mol. The fourth-order valence-corrected chi connectivity index (χ4v) is 12.7. The fraction of sp³-hybridized carbons (Fsp3) is 0.615. The van der Waals surface area contributed by atoms with E-state index in [2.05, 4.69) is 132 Å². The van der Waals surface area contributed by atoms with Crippen molar-refractivity contribution in [3.05, 3.63) is 48.5 Å². The summed E-state index contributed by atoms with van der Waals surface area (Å²) in [5.74, 6) is 0. The third kappa shape index (κ3) is 11.6. The molecule has 0 aliphatic rings. The van der Waals surface area contributed by atoms with Crippen LogP contribution in [-0.4, -0.2) is 20.6 Å². The minimum atomic E-state index is -0.101. The summed E-state index contributed by atoms with van der Waals surface area (Å²) in [7, 11) is 9.33. The molecule has 0 unspecified atom stereocenters. The van der Waals surface area contributed by atoms with Crippen molar-refractivity contribution in [1.82, 2.24) is 0 Å². The Morgan fingerprint density at radius 3 is 0.935 bits per heavy atom. The first-order valence-electron chi connectivity index (χ1n) is 10.8. The van der Waals surface area contributed by atoms with Gasteiger partial charge in [-0.15, -0.1) is 10.6 Å². The van der Waals surface area contributed by atoms with Crippen molar-refractivity contribution in [2.45, 2.75) is 104 Å². The van der Waals surface area contributed by atoms with Crippen molar-refractivity contribution in [3.63, 3.8) is 0 Å². The topological polar surface area (TPSA) is 0 Å². The van der Waals surface area contributed by atoms with Crippen molar-refractivity contribution < 1.29 is 13.1 Å². The van der Waals surface area contributed by atoms with Crippen LogP contribution in [0, 0.1) is 0 Å². The Morgan fingerprint density at radius 2 is 0.806 bits per heavy atom. The molecule has 0 aliphatic heterocycles. The van der Waals surface area contributed by atoms with Gasteiger partial charge in [0.25, 0.3) is 0 Å². The standard InChI is InChI=1S/2C13H22P.2ClH.Fe/c2*1-12(2,3)14(13(4,5)6)11-9-7-8-10-11;;;/h2*7-10H,1-6H3;2*1H;/q2*-1;;;+2/p-2. The van der Waals surface area contributed by atoms with Gasteiger partial charge in [-0.25, -0.2) is 24.3 Å². The molecule has 2 aromatic carbocycles. The van der Waals surface area contributed by atoms with E-state index in [0.717, 1.165) is 0 Å². The Morgan fingerprint density at radius 1 is 0.581 bits per heavy atom. The molecule has 0 N–H and O–H groups in total. The number of hydrogen-bond donors (Lipinski definition) is 0. The van der Waals surface area contributed by atoms with Crippen molar-refractivity contribution in [2.75, 3.05) is 0 Å². The Labute approximate surface area is 211 Å². The molecule has 0 aliphatic carbocycles. The molecule has 0 fully saturated rings. The molecule has 31 heavy (non-hydrogen) atoms. The first kappa shape index (κ1) is 31.7. The van der Waals surface area contributed by atoms with Gasteiger partial charge in [-0.3, -0.25) is 0 Å². The molecule has 0 aromatic heterocycles. The second kappa shape index (κ2) is 12.9. The Bertz CT molecular complexity index is 604. The molecule has 2 rings (SSSR count). The summed E-state index contributed by atoms with van der Waals surface area (Å²) < 4.78 is 0. The van der Waals surface area contributed by atoms with Crippen LogP contribution >= 0.6 is 36.0 Å². The molecular formula is C26H44Cl2FeP2-2. The molecule has 0 atom stereocenters. The summed E-state index contributed by atoms with van der Waals surface area (Å²) >= 11 is 0.194. The number of halogens is 2. The van der Waals surface area contributed by atoms with Crippen molar-refractivity contribution in [2.24, 2.45) is 0 Å². The van der Waals surface area contributed by atoms with Crippen LogP contribution in [0.5, 0.6) is 0 Å². The van der Waals surface area contributed by atoms with Crippen LogP contribution in [0.2, 0.25) is 0 Å². The summed E-state index contributed by atoms with van der Waals surface area (Å²) in [5.41, 5.74) is 0. The number of hydrogen-bond acceptors (Lipinski definition) is 0. The maximum absolute atomic E-state index is 4.76. The van der Waals surface area contributed by atoms with Crippen LogP contribution in [0.25, 0.3) is 0 Å². The quantitative estimate of drug-likeness (QED) is 0.200. The molecule has 0 saturated carbocycles. The summed E-state index contributed by atoms with van der Waals surface area (Å²) in [6.07, 6.45) is 0. The normalized spacial score (nSPS) is 13.0. The Hall–Kier alpha value is 0.659. The van der Waals surface area contributed by atoms with Gasteiger partial charge in [0.1, 0.15) is 0 Å². The van der Waals surface area contributed by atoms with E-state index in [1.165, 1.54) is 0 Å². The van der Waals surface area contributed by atoms with Crippen LogP contribution in [-0.2, 0) is 13.1 Å². The van der Waals surface area contributed by atoms with Gasteiger partial charge in [0.2, 0.25) is 0 Å². The summed E-state index contributed by atoms with van der Waals surface area (Å²) in [5, 5.41) is 4.65. The van der Waals surface area contributed by atoms with E-state index in [4.69, 9.17) is 20.2 Å². The number of rotatable bonds is 2. The molecule has 0 saturated heterocycles. The zero-order chi connectivity index (χ0) is 24.7. The zero-order valence-electron chi connectivity index (χ0n) is 21.6. The molecule has 0 radical (unpaired) electrons. The van der Waals surface area contributed by atoms with Crippen molar-refractivity contribution >= 4 is 46.6 Å². The SMILES string of the molecule is CC(C)(C)P(c1ccc[cH-]1)C(C)(C)C.CC(C)(C)P(c1ccc[cH-]1)C(C)(C)C.[Cl][Fe][Cl]. The van der Waals surface area contributed by atoms with Crippen molar-refractivity contribution in [1.29, 1.82) is 0 Å². The second-order valence-corrected chi connectivity index (χ2v) is 21.3. The Kier molecular flexibility index (Phi) is 13.2. The van der Waals surface area contributed by atoms with Gasteiger partial charge in [-0.1, -0.05) is 98.9 Å². The first-order valence-corrected chi connectivity index (χ1v) is 16.5. The Balaban J connectivity index is 0.000000516. The molecule has 182 valence electrons. The van der Waals surface area contributed by atoms with Gasteiger partial charge >= 0.3 is 33.3 Å². The summed E-state index contributed by atoms with van der Waals surface area (Å²) in [6.45, 7) is 28.3. The predicted octanol–water partition coefficient (Wildman–Crippen LogP) is 9.60. The van der Waals surface area contributed by atoms with E-state index in [1.807, 2.05) is 0 Å².